The summed E-state index contributed by atoms with van der Waals surface area (Å²) < 4.78 is 15.3. The van der Waals surface area contributed by atoms with E-state index in [1.807, 2.05) is 0 Å². The number of aliphatic hydroxyl groups excluding tert-OH is 1. The van der Waals surface area contributed by atoms with Gasteiger partial charge in [0.1, 0.15) is 24.0 Å². The van der Waals surface area contributed by atoms with Crippen molar-refractivity contribution >= 4 is 12.1 Å². The summed E-state index contributed by atoms with van der Waals surface area (Å²) in [6.07, 6.45) is -0.692. The molecule has 0 saturated carbocycles. The first kappa shape index (κ1) is 19.8. The van der Waals surface area contributed by atoms with Crippen molar-refractivity contribution in [2.45, 2.75) is 45.4 Å². The highest BCUT2D eigenvalue weighted by Crippen LogP contribution is 2.12. The van der Waals surface area contributed by atoms with Gasteiger partial charge in [0.25, 0.3) is 0 Å². The molecule has 0 aliphatic heterocycles. The van der Waals surface area contributed by atoms with Crippen molar-refractivity contribution in [1.29, 1.82) is 0 Å². The number of hydrogen-bond donors (Lipinski definition) is 2. The summed E-state index contributed by atoms with van der Waals surface area (Å²) >= 11 is 0. The van der Waals surface area contributed by atoms with Crippen LogP contribution in [0, 0.1) is 0 Å². The smallest absolute Gasteiger partial charge is 0.408 e. The molecule has 1 atom stereocenters. The van der Waals surface area contributed by atoms with Gasteiger partial charge in [-0.2, -0.15) is 0 Å². The molecule has 0 fully saturated rings. The molecular formula is C17H25NO6. The predicted molar refractivity (Wildman–Crippen MR) is 87.7 cm³/mol. The van der Waals surface area contributed by atoms with Gasteiger partial charge in [0, 0.05) is 13.0 Å². The van der Waals surface area contributed by atoms with Crippen LogP contribution in [-0.4, -0.2) is 42.5 Å². The molecule has 0 bridgehead atoms. The van der Waals surface area contributed by atoms with Gasteiger partial charge in [0.2, 0.25) is 0 Å². The maximum absolute atomic E-state index is 12.1. The SMILES string of the molecule is COc1ccc(COC(=O)[C@H](CCO)NC(=O)OC(C)(C)C)cc1. The lowest BCUT2D eigenvalue weighted by atomic mass is 10.2. The number of aliphatic hydroxyl groups is 1. The molecule has 2 N–H and O–H groups in total. The molecule has 0 aliphatic rings. The van der Waals surface area contributed by atoms with Gasteiger partial charge in [-0.05, 0) is 38.5 Å². The van der Waals surface area contributed by atoms with E-state index in [-0.39, 0.29) is 19.6 Å². The van der Waals surface area contributed by atoms with Crippen molar-refractivity contribution in [3.05, 3.63) is 29.8 Å². The lowest BCUT2D eigenvalue weighted by Crippen LogP contribution is -2.44. The maximum atomic E-state index is 12.1. The first-order valence-electron chi connectivity index (χ1n) is 7.65. The van der Waals surface area contributed by atoms with Crippen molar-refractivity contribution in [3.8, 4) is 5.75 Å². The van der Waals surface area contributed by atoms with Crippen molar-refractivity contribution in [2.75, 3.05) is 13.7 Å². The molecular weight excluding hydrogens is 314 g/mol. The second kappa shape index (κ2) is 9.12. The Morgan fingerprint density at radius 3 is 2.33 bits per heavy atom. The summed E-state index contributed by atoms with van der Waals surface area (Å²) in [6, 6.07) is 6.09. The fourth-order valence-corrected chi connectivity index (χ4v) is 1.80. The third-order valence-electron chi connectivity index (χ3n) is 2.93. The largest absolute Gasteiger partial charge is 0.497 e. The maximum Gasteiger partial charge on any atom is 0.408 e. The Kier molecular flexibility index (Phi) is 7.51. The van der Waals surface area contributed by atoms with Gasteiger partial charge in [-0.25, -0.2) is 9.59 Å². The Labute approximate surface area is 141 Å². The van der Waals surface area contributed by atoms with Gasteiger partial charge in [0.05, 0.1) is 7.11 Å². The molecule has 7 heteroatoms. The second-order valence-corrected chi connectivity index (χ2v) is 6.17. The number of carbonyl (C=O) groups is 2. The van der Waals surface area contributed by atoms with Crippen LogP contribution in [0.3, 0.4) is 0 Å². The van der Waals surface area contributed by atoms with Crippen LogP contribution in [0.5, 0.6) is 5.75 Å². The Morgan fingerprint density at radius 2 is 1.83 bits per heavy atom. The number of benzene rings is 1. The van der Waals surface area contributed by atoms with Crippen LogP contribution in [0.1, 0.15) is 32.8 Å². The van der Waals surface area contributed by atoms with E-state index in [9.17, 15) is 9.59 Å². The Bertz CT molecular complexity index is 535. The average molecular weight is 339 g/mol. The summed E-state index contributed by atoms with van der Waals surface area (Å²) in [7, 11) is 1.57. The molecule has 1 aromatic rings. The molecule has 1 amide bonds. The summed E-state index contributed by atoms with van der Waals surface area (Å²) in [6.45, 7) is 4.94. The van der Waals surface area contributed by atoms with E-state index in [0.717, 1.165) is 5.56 Å². The minimum atomic E-state index is -0.969. The van der Waals surface area contributed by atoms with Crippen molar-refractivity contribution in [2.24, 2.45) is 0 Å². The molecule has 0 aromatic heterocycles. The van der Waals surface area contributed by atoms with Crippen molar-refractivity contribution in [3.63, 3.8) is 0 Å². The Morgan fingerprint density at radius 1 is 1.21 bits per heavy atom. The van der Waals surface area contributed by atoms with Gasteiger partial charge in [-0.1, -0.05) is 12.1 Å². The van der Waals surface area contributed by atoms with Crippen LogP contribution in [0.2, 0.25) is 0 Å². The van der Waals surface area contributed by atoms with Gasteiger partial charge in [-0.15, -0.1) is 0 Å². The number of alkyl carbamates (subject to hydrolysis) is 1. The molecule has 7 nitrogen and oxygen atoms in total. The van der Waals surface area contributed by atoms with E-state index in [4.69, 9.17) is 19.3 Å². The highest BCUT2D eigenvalue weighted by atomic mass is 16.6. The highest BCUT2D eigenvalue weighted by Gasteiger charge is 2.25. The fourth-order valence-electron chi connectivity index (χ4n) is 1.80. The quantitative estimate of drug-likeness (QED) is 0.738. The van der Waals surface area contributed by atoms with Gasteiger partial charge < -0.3 is 24.6 Å². The number of methoxy groups -OCH3 is 1. The molecule has 0 aliphatic carbocycles. The molecule has 1 aromatic carbocycles. The fraction of sp³-hybridized carbons (Fsp3) is 0.529. The van der Waals surface area contributed by atoms with Crippen LogP contribution in [0.4, 0.5) is 4.79 Å². The van der Waals surface area contributed by atoms with Gasteiger partial charge >= 0.3 is 12.1 Å². The number of nitrogens with one attached hydrogen (secondary N) is 1. The van der Waals surface area contributed by atoms with E-state index < -0.39 is 23.7 Å². The van der Waals surface area contributed by atoms with Crippen LogP contribution in [0.25, 0.3) is 0 Å². The number of esters is 1. The Hall–Kier alpha value is -2.28. The first-order valence-corrected chi connectivity index (χ1v) is 7.65. The zero-order chi connectivity index (χ0) is 18.2. The number of ether oxygens (including phenoxy) is 3. The van der Waals surface area contributed by atoms with Crippen LogP contribution in [-0.2, 0) is 20.9 Å². The van der Waals surface area contributed by atoms with E-state index in [2.05, 4.69) is 5.32 Å². The topological polar surface area (TPSA) is 94.1 Å². The number of hydrogen-bond acceptors (Lipinski definition) is 6. The Balaban J connectivity index is 2.57. The molecule has 0 spiro atoms. The summed E-state index contributed by atoms with van der Waals surface area (Å²) in [5.41, 5.74) is 0.102. The molecule has 0 radical (unpaired) electrons. The van der Waals surface area contributed by atoms with Crippen LogP contribution in [0.15, 0.2) is 24.3 Å². The summed E-state index contributed by atoms with van der Waals surface area (Å²) in [5, 5.41) is 11.5. The monoisotopic (exact) mass is 339 g/mol. The van der Waals surface area contributed by atoms with Gasteiger partial charge in [0.15, 0.2) is 0 Å². The molecule has 0 heterocycles. The summed E-state index contributed by atoms with van der Waals surface area (Å²) in [4.78, 5) is 23.9. The lowest BCUT2D eigenvalue weighted by Gasteiger charge is -2.22. The average Bonchev–Trinajstić information content (AvgIpc) is 2.51. The predicted octanol–water partition coefficient (Wildman–Crippen LogP) is 2.01. The third-order valence-corrected chi connectivity index (χ3v) is 2.93. The minimum absolute atomic E-state index is 0.0423. The number of carbonyl (C=O) groups excluding carboxylic acids is 2. The minimum Gasteiger partial charge on any atom is -0.497 e. The number of rotatable bonds is 7. The van der Waals surface area contributed by atoms with E-state index in [1.54, 1.807) is 52.1 Å². The molecule has 0 saturated heterocycles. The molecule has 0 unspecified atom stereocenters. The molecule has 134 valence electrons. The number of amides is 1. The standard InChI is InChI=1S/C17H25NO6/c1-17(2,3)24-16(21)18-14(9-10-19)15(20)23-11-12-5-7-13(22-4)8-6-12/h5-8,14,19H,9-11H2,1-4H3,(H,18,21)/t14-/m0/s1. The zero-order valence-corrected chi connectivity index (χ0v) is 14.5. The second-order valence-electron chi connectivity index (χ2n) is 6.17. The lowest BCUT2D eigenvalue weighted by molar-refractivity contribution is -0.148. The normalized spacial score (nSPS) is 12.2. The molecule has 24 heavy (non-hydrogen) atoms. The van der Waals surface area contributed by atoms with E-state index in [1.165, 1.54) is 0 Å². The molecule has 1 rings (SSSR count). The van der Waals surface area contributed by atoms with Crippen molar-refractivity contribution < 1.29 is 28.9 Å². The van der Waals surface area contributed by atoms with Crippen LogP contribution < -0.4 is 10.1 Å². The highest BCUT2D eigenvalue weighted by molar-refractivity contribution is 5.81. The van der Waals surface area contributed by atoms with Gasteiger partial charge in [-0.3, -0.25) is 0 Å². The first-order chi connectivity index (χ1) is 11.2. The van der Waals surface area contributed by atoms with Crippen LogP contribution >= 0.6 is 0 Å². The van der Waals surface area contributed by atoms with E-state index >= 15 is 0 Å². The zero-order valence-electron chi connectivity index (χ0n) is 14.5. The van der Waals surface area contributed by atoms with E-state index in [0.29, 0.717) is 5.75 Å². The summed E-state index contributed by atoms with van der Waals surface area (Å²) in [5.74, 6) is 0.0700. The van der Waals surface area contributed by atoms with Crippen molar-refractivity contribution in [1.82, 2.24) is 5.32 Å². The third kappa shape index (κ3) is 7.32.